The largest absolute Gasteiger partial charge is 0.500 e. The summed E-state index contributed by atoms with van der Waals surface area (Å²) in [6.07, 6.45) is 1.38. The summed E-state index contributed by atoms with van der Waals surface area (Å²) in [7, 11) is 1.26. The normalized spacial score (nSPS) is 16.3. The Balaban J connectivity index is 2.41. The highest BCUT2D eigenvalue weighted by atomic mass is 32.2. The molecule has 0 saturated carbocycles. The number of methoxy groups -OCH3 is 1. The molecule has 128 valence electrons. The van der Waals surface area contributed by atoms with Crippen molar-refractivity contribution < 1.29 is 24.4 Å². The molecular weight excluding hydrogens is 336 g/mol. The highest BCUT2D eigenvalue weighted by Crippen LogP contribution is 2.39. The molecule has 9 heteroatoms. The Morgan fingerprint density at radius 3 is 2.62 bits per heavy atom. The van der Waals surface area contributed by atoms with Gasteiger partial charge in [0.15, 0.2) is 5.75 Å². The fourth-order valence-electron chi connectivity index (χ4n) is 2.17. The molecule has 0 spiro atoms. The van der Waals surface area contributed by atoms with Gasteiger partial charge in [-0.25, -0.2) is 0 Å². The van der Waals surface area contributed by atoms with Crippen molar-refractivity contribution in [3.05, 3.63) is 32.7 Å². The number of thioether (sulfide) groups is 1. The molecule has 1 heterocycles. The van der Waals surface area contributed by atoms with Crippen LogP contribution in [0, 0.1) is 16.0 Å². The minimum Gasteiger partial charge on any atom is -0.500 e. The molecule has 0 unspecified atom stereocenters. The summed E-state index contributed by atoms with van der Waals surface area (Å²) in [5.74, 6) is -0.981. The summed E-state index contributed by atoms with van der Waals surface area (Å²) in [6.45, 7) is 4.09. The molecule has 1 aliphatic heterocycles. The van der Waals surface area contributed by atoms with Crippen molar-refractivity contribution in [3.63, 3.8) is 0 Å². The molecule has 0 atom stereocenters. The fraction of sp³-hybridized carbons (Fsp3) is 0.333. The second-order valence-electron chi connectivity index (χ2n) is 5.53. The van der Waals surface area contributed by atoms with Crippen molar-refractivity contribution in [1.82, 2.24) is 4.90 Å². The van der Waals surface area contributed by atoms with E-state index in [-0.39, 0.29) is 27.4 Å². The lowest BCUT2D eigenvalue weighted by Crippen LogP contribution is -2.31. The van der Waals surface area contributed by atoms with Crippen LogP contribution >= 0.6 is 11.8 Å². The Kier molecular flexibility index (Phi) is 5.13. The average Bonchev–Trinajstić information content (AvgIpc) is 2.75. The Morgan fingerprint density at radius 1 is 1.42 bits per heavy atom. The lowest BCUT2D eigenvalue weighted by molar-refractivity contribution is -0.386. The van der Waals surface area contributed by atoms with Gasteiger partial charge >= 0.3 is 5.69 Å². The lowest BCUT2D eigenvalue weighted by Gasteiger charge is -2.14. The number of aromatic hydroxyl groups is 1. The second-order valence-corrected chi connectivity index (χ2v) is 6.53. The highest BCUT2D eigenvalue weighted by Gasteiger charge is 2.35. The van der Waals surface area contributed by atoms with E-state index in [2.05, 4.69) is 0 Å². The van der Waals surface area contributed by atoms with Crippen molar-refractivity contribution in [1.29, 1.82) is 0 Å². The number of hydrogen-bond acceptors (Lipinski definition) is 7. The van der Waals surface area contributed by atoms with Crippen LogP contribution in [0.5, 0.6) is 11.5 Å². The van der Waals surface area contributed by atoms with Gasteiger partial charge in [-0.3, -0.25) is 24.6 Å². The van der Waals surface area contributed by atoms with E-state index < -0.39 is 22.3 Å². The van der Waals surface area contributed by atoms with Crippen molar-refractivity contribution >= 4 is 34.7 Å². The van der Waals surface area contributed by atoms with Crippen molar-refractivity contribution in [2.75, 3.05) is 13.7 Å². The van der Waals surface area contributed by atoms with E-state index in [9.17, 15) is 24.8 Å². The molecule has 1 fully saturated rings. The number of nitro benzene ring substituents is 1. The minimum absolute atomic E-state index is 0.0862. The molecule has 0 aliphatic carbocycles. The predicted molar refractivity (Wildman–Crippen MR) is 88.8 cm³/mol. The lowest BCUT2D eigenvalue weighted by atomic mass is 10.1. The van der Waals surface area contributed by atoms with E-state index in [1.54, 1.807) is 0 Å². The number of rotatable bonds is 5. The second kappa shape index (κ2) is 6.91. The third-order valence-corrected chi connectivity index (χ3v) is 4.12. The van der Waals surface area contributed by atoms with E-state index in [0.717, 1.165) is 22.7 Å². The summed E-state index contributed by atoms with van der Waals surface area (Å²) in [6, 6.07) is 2.48. The topological polar surface area (TPSA) is 110 Å². The molecule has 8 nitrogen and oxygen atoms in total. The molecular formula is C15H16N2O6S. The van der Waals surface area contributed by atoms with Crippen molar-refractivity contribution in [3.8, 4) is 11.5 Å². The van der Waals surface area contributed by atoms with Crippen LogP contribution in [0.4, 0.5) is 10.5 Å². The van der Waals surface area contributed by atoms with Gasteiger partial charge in [0.25, 0.3) is 11.1 Å². The van der Waals surface area contributed by atoms with Crippen molar-refractivity contribution in [2.24, 2.45) is 5.92 Å². The van der Waals surface area contributed by atoms with Crippen LogP contribution < -0.4 is 4.74 Å². The number of carbonyl (C=O) groups is 2. The average molecular weight is 352 g/mol. The molecule has 1 aromatic rings. The molecule has 24 heavy (non-hydrogen) atoms. The number of benzene rings is 1. The Morgan fingerprint density at radius 2 is 2.08 bits per heavy atom. The quantitative estimate of drug-likeness (QED) is 0.493. The summed E-state index contributed by atoms with van der Waals surface area (Å²) >= 11 is 0.776. The summed E-state index contributed by atoms with van der Waals surface area (Å²) in [5, 5.41) is 20.4. The summed E-state index contributed by atoms with van der Waals surface area (Å²) < 4.78 is 4.91. The Bertz CT molecular complexity index is 744. The van der Waals surface area contributed by atoms with Gasteiger partial charge in [0.1, 0.15) is 0 Å². The van der Waals surface area contributed by atoms with Gasteiger partial charge < -0.3 is 9.84 Å². The van der Waals surface area contributed by atoms with Gasteiger partial charge in [-0.1, -0.05) is 13.8 Å². The number of phenols is 1. The Labute approximate surface area is 142 Å². The number of nitrogens with zero attached hydrogens (tertiary/aromatic N) is 2. The van der Waals surface area contributed by atoms with Crippen LogP contribution in [-0.2, 0) is 4.79 Å². The first kappa shape index (κ1) is 17.8. The van der Waals surface area contributed by atoms with Crippen LogP contribution in [-0.4, -0.2) is 39.7 Å². The van der Waals surface area contributed by atoms with E-state index in [0.29, 0.717) is 6.54 Å². The zero-order valence-corrected chi connectivity index (χ0v) is 14.1. The summed E-state index contributed by atoms with van der Waals surface area (Å²) in [5.41, 5.74) is -0.256. The predicted octanol–water partition coefficient (Wildman–Crippen LogP) is 3.00. The number of carbonyl (C=O) groups excluding carboxylic acids is 2. The molecule has 0 radical (unpaired) electrons. The zero-order valence-electron chi connectivity index (χ0n) is 13.3. The standard InChI is InChI=1S/C15H16N2O6S/c1-8(2)7-16-14(19)12(24-15(16)20)6-9-4-10(17(21)22)13(18)11(5-9)23-3/h4-6,8,18H,7H2,1-3H3/b12-6+. The van der Waals surface area contributed by atoms with E-state index in [1.807, 2.05) is 13.8 Å². The van der Waals surface area contributed by atoms with Crippen molar-refractivity contribution in [2.45, 2.75) is 13.8 Å². The number of imide groups is 1. The van der Waals surface area contributed by atoms with E-state index >= 15 is 0 Å². The van der Waals surface area contributed by atoms with Crippen LogP contribution in [0.2, 0.25) is 0 Å². The number of amides is 2. The summed E-state index contributed by atoms with van der Waals surface area (Å²) in [4.78, 5) is 35.8. The molecule has 1 aliphatic rings. The van der Waals surface area contributed by atoms with Crippen LogP contribution in [0.3, 0.4) is 0 Å². The molecule has 0 aromatic heterocycles. The molecule has 1 saturated heterocycles. The maximum absolute atomic E-state index is 12.3. The first-order valence-electron chi connectivity index (χ1n) is 7.05. The highest BCUT2D eigenvalue weighted by molar-refractivity contribution is 8.18. The Hall–Kier alpha value is -2.55. The molecule has 2 rings (SSSR count). The first-order valence-corrected chi connectivity index (χ1v) is 7.87. The van der Waals surface area contributed by atoms with Gasteiger partial charge in [0.2, 0.25) is 5.75 Å². The molecule has 1 aromatic carbocycles. The van der Waals surface area contributed by atoms with E-state index in [4.69, 9.17) is 4.74 Å². The zero-order chi connectivity index (χ0) is 18.0. The molecule has 2 amide bonds. The van der Waals surface area contributed by atoms with Gasteiger partial charge in [-0.05, 0) is 35.4 Å². The number of nitro groups is 1. The number of phenolic OH excluding ortho intramolecular Hbond substituents is 1. The fourth-order valence-corrected chi connectivity index (χ4v) is 3.01. The van der Waals surface area contributed by atoms with Crippen LogP contribution in [0.1, 0.15) is 19.4 Å². The van der Waals surface area contributed by atoms with Gasteiger partial charge in [-0.2, -0.15) is 0 Å². The van der Waals surface area contributed by atoms with Gasteiger partial charge in [0, 0.05) is 12.6 Å². The SMILES string of the molecule is COc1cc(/C=C2/SC(=O)N(CC(C)C)C2=O)cc([N+](=O)[O-])c1O. The monoisotopic (exact) mass is 352 g/mol. The smallest absolute Gasteiger partial charge is 0.315 e. The van der Waals surface area contributed by atoms with E-state index in [1.165, 1.54) is 19.3 Å². The van der Waals surface area contributed by atoms with Gasteiger partial charge in [0.05, 0.1) is 16.9 Å². The number of ether oxygens (including phenoxy) is 1. The third kappa shape index (κ3) is 3.51. The van der Waals surface area contributed by atoms with Crippen LogP contribution in [0.25, 0.3) is 6.08 Å². The maximum Gasteiger partial charge on any atom is 0.315 e. The maximum atomic E-state index is 12.3. The molecule has 0 bridgehead atoms. The van der Waals surface area contributed by atoms with Gasteiger partial charge in [-0.15, -0.1) is 0 Å². The first-order chi connectivity index (χ1) is 11.2. The number of hydrogen-bond donors (Lipinski definition) is 1. The molecule has 1 N–H and O–H groups in total. The third-order valence-electron chi connectivity index (χ3n) is 3.21. The van der Waals surface area contributed by atoms with Crippen LogP contribution in [0.15, 0.2) is 17.0 Å². The minimum atomic E-state index is -0.750.